The first-order chi connectivity index (χ1) is 9.34. The number of rotatable bonds is 8. The Bertz CT molecular complexity index is 422. The quantitative estimate of drug-likeness (QED) is 0.544. The Kier molecular flexibility index (Phi) is 6.20. The van der Waals surface area contributed by atoms with E-state index in [2.05, 4.69) is 0 Å². The summed E-state index contributed by atoms with van der Waals surface area (Å²) in [6.07, 6.45) is 0. The summed E-state index contributed by atoms with van der Waals surface area (Å²) in [6, 6.07) is 3.66. The normalized spacial score (nSPS) is 11.8. The number of hydrogen-bond donors (Lipinski definition) is 0. The maximum atomic E-state index is 12.9. The van der Waals surface area contributed by atoms with E-state index in [1.165, 1.54) is 19.2 Å². The summed E-state index contributed by atoms with van der Waals surface area (Å²) in [7, 11) is 1.32. The number of halogens is 3. The second-order valence-corrected chi connectivity index (χ2v) is 4.80. The summed E-state index contributed by atoms with van der Waals surface area (Å²) in [5.74, 6) is 0.346. The summed E-state index contributed by atoms with van der Waals surface area (Å²) < 4.78 is 54.1. The Balaban J connectivity index is 2.65. The molecule has 0 bridgehead atoms. The van der Waals surface area contributed by atoms with Crippen molar-refractivity contribution < 1.29 is 27.2 Å². The third-order valence-corrected chi connectivity index (χ3v) is 2.51. The summed E-state index contributed by atoms with van der Waals surface area (Å²) in [5.41, 5.74) is -0.784. The largest absolute Gasteiger partial charge is 0.513 e. The van der Waals surface area contributed by atoms with Crippen LogP contribution in [0.25, 0.3) is 0 Å². The van der Waals surface area contributed by atoms with E-state index in [1.807, 2.05) is 13.8 Å². The highest BCUT2D eigenvalue weighted by molar-refractivity contribution is 6.74. The van der Waals surface area contributed by atoms with Gasteiger partial charge in [0.15, 0.2) is 0 Å². The Morgan fingerprint density at radius 1 is 1.15 bits per heavy atom. The Morgan fingerprint density at radius 3 is 2.40 bits per heavy atom. The lowest BCUT2D eigenvalue weighted by atomic mass is 9.79. The van der Waals surface area contributed by atoms with E-state index in [4.69, 9.17) is 14.2 Å². The van der Waals surface area contributed by atoms with E-state index in [-0.39, 0.29) is 24.7 Å². The lowest BCUT2D eigenvalue weighted by Crippen LogP contribution is -2.35. The lowest BCUT2D eigenvalue weighted by Gasteiger charge is -2.20. The molecule has 0 spiro atoms. The van der Waals surface area contributed by atoms with Crippen molar-refractivity contribution in [1.29, 1.82) is 0 Å². The second kappa shape index (κ2) is 7.43. The van der Waals surface area contributed by atoms with E-state index < -0.39 is 12.4 Å². The SMILES string of the molecule is COc1ccc(OCCOCC(C)C)c([B-](F)(F)F)c1. The van der Waals surface area contributed by atoms with Gasteiger partial charge in [-0.15, -0.1) is 0 Å². The van der Waals surface area contributed by atoms with Crippen LogP contribution in [0.3, 0.4) is 0 Å². The van der Waals surface area contributed by atoms with Gasteiger partial charge >= 0.3 is 6.98 Å². The molecule has 1 aromatic carbocycles. The van der Waals surface area contributed by atoms with Gasteiger partial charge in [0.1, 0.15) is 12.4 Å². The van der Waals surface area contributed by atoms with E-state index in [9.17, 15) is 12.9 Å². The zero-order valence-electron chi connectivity index (χ0n) is 11.9. The molecule has 3 nitrogen and oxygen atoms in total. The van der Waals surface area contributed by atoms with E-state index in [0.717, 1.165) is 6.07 Å². The molecule has 20 heavy (non-hydrogen) atoms. The van der Waals surface area contributed by atoms with Gasteiger partial charge in [-0.1, -0.05) is 19.3 Å². The van der Waals surface area contributed by atoms with Gasteiger partial charge < -0.3 is 27.2 Å². The molecule has 0 saturated heterocycles. The molecule has 1 rings (SSSR count). The average molecular weight is 291 g/mol. The molecule has 0 aliphatic heterocycles. The molecular formula is C13H19BF3O3-. The second-order valence-electron chi connectivity index (χ2n) is 4.80. The van der Waals surface area contributed by atoms with Gasteiger partial charge in [-0.2, -0.15) is 0 Å². The first-order valence-electron chi connectivity index (χ1n) is 6.43. The molecule has 0 aliphatic carbocycles. The predicted octanol–water partition coefficient (Wildman–Crippen LogP) is 2.80. The van der Waals surface area contributed by atoms with Crippen molar-refractivity contribution in [2.75, 3.05) is 26.9 Å². The fourth-order valence-corrected chi connectivity index (χ4v) is 1.57. The first-order valence-corrected chi connectivity index (χ1v) is 6.43. The highest BCUT2D eigenvalue weighted by atomic mass is 19.4. The minimum Gasteiger partial charge on any atom is -0.497 e. The van der Waals surface area contributed by atoms with Crippen LogP contribution in [0.15, 0.2) is 18.2 Å². The molecule has 1 aromatic rings. The molecule has 0 fully saturated rings. The highest BCUT2D eigenvalue weighted by Crippen LogP contribution is 2.22. The topological polar surface area (TPSA) is 27.7 Å². The molecule has 0 heterocycles. The molecule has 0 amide bonds. The van der Waals surface area contributed by atoms with Crippen LogP contribution in [0.4, 0.5) is 12.9 Å². The zero-order chi connectivity index (χ0) is 15.2. The minimum atomic E-state index is -5.15. The molecular weight excluding hydrogens is 272 g/mol. The van der Waals surface area contributed by atoms with Gasteiger partial charge in [0.2, 0.25) is 0 Å². The molecule has 0 unspecified atom stereocenters. The van der Waals surface area contributed by atoms with Crippen molar-refractivity contribution in [3.8, 4) is 11.5 Å². The first kappa shape index (κ1) is 16.7. The van der Waals surface area contributed by atoms with Crippen molar-refractivity contribution in [3.05, 3.63) is 18.2 Å². The van der Waals surface area contributed by atoms with E-state index in [0.29, 0.717) is 12.5 Å². The monoisotopic (exact) mass is 291 g/mol. The number of benzene rings is 1. The Labute approximate surface area is 117 Å². The van der Waals surface area contributed by atoms with Crippen LogP contribution >= 0.6 is 0 Å². The highest BCUT2D eigenvalue weighted by Gasteiger charge is 2.29. The van der Waals surface area contributed by atoms with Gasteiger partial charge in [-0.3, -0.25) is 0 Å². The molecule has 0 aromatic heterocycles. The van der Waals surface area contributed by atoms with Crippen molar-refractivity contribution in [2.24, 2.45) is 5.92 Å². The van der Waals surface area contributed by atoms with Crippen LogP contribution in [0.1, 0.15) is 13.8 Å². The molecule has 0 radical (unpaired) electrons. The van der Waals surface area contributed by atoms with Crippen LogP contribution in [0.5, 0.6) is 11.5 Å². The van der Waals surface area contributed by atoms with Crippen LogP contribution < -0.4 is 14.9 Å². The fraction of sp³-hybridized carbons (Fsp3) is 0.538. The van der Waals surface area contributed by atoms with E-state index in [1.54, 1.807) is 0 Å². The van der Waals surface area contributed by atoms with Gasteiger partial charge in [0.05, 0.1) is 19.5 Å². The summed E-state index contributed by atoms with van der Waals surface area (Å²) in [6.45, 7) is -0.260. The maximum Gasteiger partial charge on any atom is 0.513 e. The predicted molar refractivity (Wildman–Crippen MR) is 72.9 cm³/mol. The maximum absolute atomic E-state index is 12.9. The molecule has 0 aliphatic rings. The average Bonchev–Trinajstić information content (AvgIpc) is 2.37. The molecule has 0 N–H and O–H groups in total. The smallest absolute Gasteiger partial charge is 0.497 e. The standard InChI is InChI=1S/C13H19BF3O3/c1-10(2)9-19-6-7-20-13-5-4-11(18-3)8-12(13)14(15,16)17/h4-5,8,10H,6-7,9H2,1-3H3/q-1. The van der Waals surface area contributed by atoms with Gasteiger partial charge in [-0.25, -0.2) is 0 Å². The fourth-order valence-electron chi connectivity index (χ4n) is 1.57. The van der Waals surface area contributed by atoms with Gasteiger partial charge in [-0.05, 0) is 24.1 Å². The van der Waals surface area contributed by atoms with Crippen LogP contribution in [0.2, 0.25) is 0 Å². The lowest BCUT2D eigenvalue weighted by molar-refractivity contribution is 0.0821. The third-order valence-electron chi connectivity index (χ3n) is 2.51. The van der Waals surface area contributed by atoms with Gasteiger partial charge in [0, 0.05) is 6.61 Å². The van der Waals surface area contributed by atoms with Crippen molar-refractivity contribution in [2.45, 2.75) is 13.8 Å². The summed E-state index contributed by atoms with van der Waals surface area (Å²) >= 11 is 0. The molecule has 114 valence electrons. The Morgan fingerprint density at radius 2 is 1.85 bits per heavy atom. The number of ether oxygens (including phenoxy) is 3. The van der Waals surface area contributed by atoms with E-state index >= 15 is 0 Å². The Hall–Kier alpha value is -1.37. The summed E-state index contributed by atoms with van der Waals surface area (Å²) in [4.78, 5) is 0. The number of hydrogen-bond acceptors (Lipinski definition) is 3. The zero-order valence-corrected chi connectivity index (χ0v) is 11.9. The van der Waals surface area contributed by atoms with Crippen molar-refractivity contribution in [3.63, 3.8) is 0 Å². The van der Waals surface area contributed by atoms with Crippen molar-refractivity contribution in [1.82, 2.24) is 0 Å². The van der Waals surface area contributed by atoms with Crippen LogP contribution in [-0.4, -0.2) is 33.9 Å². The van der Waals surface area contributed by atoms with Crippen LogP contribution in [0, 0.1) is 5.92 Å². The molecule has 0 saturated carbocycles. The minimum absolute atomic E-state index is 0.0816. The summed E-state index contributed by atoms with van der Waals surface area (Å²) in [5, 5.41) is 0. The van der Waals surface area contributed by atoms with Gasteiger partial charge in [0.25, 0.3) is 0 Å². The van der Waals surface area contributed by atoms with Crippen LogP contribution in [-0.2, 0) is 4.74 Å². The third kappa shape index (κ3) is 5.32. The molecule has 0 atom stereocenters. The van der Waals surface area contributed by atoms with Crippen molar-refractivity contribution >= 4 is 12.4 Å². The number of methoxy groups -OCH3 is 1. The molecule has 7 heteroatoms.